The van der Waals surface area contributed by atoms with Gasteiger partial charge in [0.25, 0.3) is 5.91 Å². The van der Waals surface area contributed by atoms with E-state index >= 15 is 0 Å². The Bertz CT molecular complexity index is 1140. The van der Waals surface area contributed by atoms with Gasteiger partial charge in [-0.1, -0.05) is 23.7 Å². The van der Waals surface area contributed by atoms with E-state index in [1.165, 1.54) is 23.1 Å². The molecule has 138 valence electrons. The van der Waals surface area contributed by atoms with Crippen LogP contribution in [0.4, 0.5) is 0 Å². The van der Waals surface area contributed by atoms with Crippen molar-refractivity contribution in [2.24, 2.45) is 0 Å². The molecule has 3 aromatic rings. The maximum Gasteiger partial charge on any atom is 0.290 e. The Kier molecular flexibility index (Phi) is 4.17. The number of β-amino-alcohol motifs (C(OH)–C–C–N with tert-alkyl or cyclic N) is 1. The number of carbonyl (C=O) groups is 1. The predicted molar refractivity (Wildman–Crippen MR) is 100 cm³/mol. The number of carbonyl (C=O) groups excluding carboxylic acids is 1. The molecule has 0 saturated carbocycles. The highest BCUT2D eigenvalue weighted by molar-refractivity contribution is 6.32. The minimum Gasteiger partial charge on any atom is -0.508 e. The summed E-state index contributed by atoms with van der Waals surface area (Å²) in [5, 5.41) is 20.0. The standard InChI is InChI=1S/C20H16ClNO5/c1-10-7-15-13(9-14(10)21)18(25)16-17(11-3-2-4-12(24)8-11)22(5-6-23)20(26)19(16)27-15/h2-4,7-9,17,23-24H,5-6H2,1H3. The molecule has 2 aromatic carbocycles. The number of aryl methyl sites for hydroxylation is 1. The van der Waals surface area contributed by atoms with Crippen LogP contribution in [0.1, 0.15) is 33.3 Å². The molecule has 0 fully saturated rings. The normalized spacial score (nSPS) is 16.2. The summed E-state index contributed by atoms with van der Waals surface area (Å²) in [5.41, 5.74) is 1.41. The van der Waals surface area contributed by atoms with Crippen molar-refractivity contribution in [1.29, 1.82) is 0 Å². The van der Waals surface area contributed by atoms with Crippen molar-refractivity contribution < 1.29 is 19.4 Å². The second-order valence-electron chi connectivity index (χ2n) is 6.49. The maximum absolute atomic E-state index is 13.2. The Morgan fingerprint density at radius 2 is 2.00 bits per heavy atom. The Balaban J connectivity index is 2.04. The van der Waals surface area contributed by atoms with Crippen LogP contribution in [0.25, 0.3) is 11.0 Å². The number of rotatable bonds is 3. The molecule has 6 nitrogen and oxygen atoms in total. The van der Waals surface area contributed by atoms with Gasteiger partial charge in [0.05, 0.1) is 23.6 Å². The van der Waals surface area contributed by atoms with Crippen LogP contribution in [0.15, 0.2) is 45.6 Å². The molecule has 27 heavy (non-hydrogen) atoms. The van der Waals surface area contributed by atoms with Crippen LogP contribution >= 0.6 is 11.6 Å². The first-order valence-electron chi connectivity index (χ1n) is 8.40. The van der Waals surface area contributed by atoms with E-state index in [0.717, 1.165) is 5.56 Å². The summed E-state index contributed by atoms with van der Waals surface area (Å²) in [7, 11) is 0. The molecule has 1 aliphatic heterocycles. The zero-order valence-electron chi connectivity index (χ0n) is 14.4. The lowest BCUT2D eigenvalue weighted by molar-refractivity contribution is 0.0691. The minimum absolute atomic E-state index is 0.0150. The molecule has 2 heterocycles. The molecule has 0 radical (unpaired) electrons. The maximum atomic E-state index is 13.2. The average Bonchev–Trinajstić information content (AvgIpc) is 2.90. The molecule has 4 rings (SSSR count). The van der Waals surface area contributed by atoms with Crippen LogP contribution in [-0.2, 0) is 0 Å². The summed E-state index contributed by atoms with van der Waals surface area (Å²) in [6, 6.07) is 8.75. The van der Waals surface area contributed by atoms with Gasteiger partial charge < -0.3 is 19.5 Å². The second-order valence-corrected chi connectivity index (χ2v) is 6.90. The van der Waals surface area contributed by atoms with E-state index in [2.05, 4.69) is 0 Å². The van der Waals surface area contributed by atoms with E-state index in [9.17, 15) is 19.8 Å². The van der Waals surface area contributed by atoms with Crippen LogP contribution in [0, 0.1) is 6.92 Å². The van der Waals surface area contributed by atoms with Gasteiger partial charge in [-0.3, -0.25) is 9.59 Å². The topological polar surface area (TPSA) is 91.0 Å². The van der Waals surface area contributed by atoms with Crippen molar-refractivity contribution in [2.75, 3.05) is 13.2 Å². The lowest BCUT2D eigenvalue weighted by atomic mass is 9.98. The Morgan fingerprint density at radius 1 is 1.22 bits per heavy atom. The Hall–Kier alpha value is -2.83. The van der Waals surface area contributed by atoms with Crippen molar-refractivity contribution in [2.45, 2.75) is 13.0 Å². The number of aromatic hydroxyl groups is 1. The number of fused-ring (bicyclic) bond motifs is 2. The van der Waals surface area contributed by atoms with Gasteiger partial charge in [0.2, 0.25) is 5.76 Å². The molecule has 0 spiro atoms. The van der Waals surface area contributed by atoms with E-state index < -0.39 is 11.9 Å². The minimum atomic E-state index is -0.757. The molecule has 1 atom stereocenters. The number of aliphatic hydroxyl groups is 1. The second kappa shape index (κ2) is 6.40. The number of halogens is 1. The molecule has 7 heteroatoms. The fourth-order valence-corrected chi connectivity index (χ4v) is 3.68. The van der Waals surface area contributed by atoms with Crippen molar-refractivity contribution in [3.8, 4) is 5.75 Å². The number of phenolic OH excluding ortho intramolecular Hbond substituents is 1. The summed E-state index contributed by atoms with van der Waals surface area (Å²) >= 11 is 6.17. The van der Waals surface area contributed by atoms with Crippen LogP contribution in [0.5, 0.6) is 5.75 Å². The highest BCUT2D eigenvalue weighted by Crippen LogP contribution is 2.39. The van der Waals surface area contributed by atoms with E-state index in [-0.39, 0.29) is 46.6 Å². The van der Waals surface area contributed by atoms with E-state index in [1.54, 1.807) is 25.1 Å². The smallest absolute Gasteiger partial charge is 0.290 e. The SMILES string of the molecule is Cc1cc2oc3c(c(=O)c2cc1Cl)C(c1cccc(O)c1)N(CCO)C3=O. The van der Waals surface area contributed by atoms with Gasteiger partial charge >= 0.3 is 0 Å². The molecule has 1 unspecified atom stereocenters. The summed E-state index contributed by atoms with van der Waals surface area (Å²) in [4.78, 5) is 27.5. The quantitative estimate of drug-likeness (QED) is 0.723. The van der Waals surface area contributed by atoms with Crippen molar-refractivity contribution >= 4 is 28.5 Å². The highest BCUT2D eigenvalue weighted by atomic mass is 35.5. The third-order valence-electron chi connectivity index (χ3n) is 4.77. The number of benzene rings is 2. The number of hydrogen-bond donors (Lipinski definition) is 2. The fraction of sp³-hybridized carbons (Fsp3) is 0.200. The molecular formula is C20H16ClNO5. The van der Waals surface area contributed by atoms with Gasteiger partial charge in [-0.2, -0.15) is 0 Å². The summed E-state index contributed by atoms with van der Waals surface area (Å²) < 4.78 is 5.80. The Labute approximate surface area is 159 Å². The van der Waals surface area contributed by atoms with E-state index in [4.69, 9.17) is 16.0 Å². The first-order chi connectivity index (χ1) is 12.9. The van der Waals surface area contributed by atoms with E-state index in [1.807, 2.05) is 0 Å². The third kappa shape index (κ3) is 2.69. The number of hydrogen-bond acceptors (Lipinski definition) is 5. The van der Waals surface area contributed by atoms with Crippen molar-refractivity contribution in [1.82, 2.24) is 4.90 Å². The molecule has 1 aliphatic rings. The molecular weight excluding hydrogens is 370 g/mol. The summed E-state index contributed by atoms with van der Waals surface area (Å²) in [5.74, 6) is -0.504. The Morgan fingerprint density at radius 3 is 2.70 bits per heavy atom. The van der Waals surface area contributed by atoms with Gasteiger partial charge in [-0.05, 0) is 42.3 Å². The summed E-state index contributed by atoms with van der Waals surface area (Å²) in [6.07, 6.45) is 0. The van der Waals surface area contributed by atoms with Gasteiger partial charge in [-0.25, -0.2) is 0 Å². The number of phenols is 1. The molecule has 0 bridgehead atoms. The molecule has 1 aromatic heterocycles. The molecule has 1 amide bonds. The fourth-order valence-electron chi connectivity index (χ4n) is 3.52. The molecule has 0 saturated heterocycles. The van der Waals surface area contributed by atoms with E-state index in [0.29, 0.717) is 10.6 Å². The molecule has 0 aliphatic carbocycles. The first kappa shape index (κ1) is 17.6. The lowest BCUT2D eigenvalue weighted by Gasteiger charge is -2.24. The number of nitrogens with zero attached hydrogens (tertiary/aromatic N) is 1. The van der Waals surface area contributed by atoms with Gasteiger partial charge in [0, 0.05) is 11.6 Å². The van der Waals surface area contributed by atoms with Crippen LogP contribution in [-0.4, -0.2) is 34.2 Å². The third-order valence-corrected chi connectivity index (χ3v) is 5.18. The predicted octanol–water partition coefficient (Wildman–Crippen LogP) is 3.00. The first-order valence-corrected chi connectivity index (χ1v) is 8.77. The number of aliphatic hydroxyl groups excluding tert-OH is 1. The van der Waals surface area contributed by atoms with Gasteiger partial charge in [0.15, 0.2) is 5.43 Å². The van der Waals surface area contributed by atoms with Crippen LogP contribution in [0.3, 0.4) is 0 Å². The van der Waals surface area contributed by atoms with Crippen molar-refractivity contribution in [3.63, 3.8) is 0 Å². The van der Waals surface area contributed by atoms with Crippen LogP contribution < -0.4 is 5.43 Å². The lowest BCUT2D eigenvalue weighted by Crippen LogP contribution is -2.32. The molecule has 2 N–H and O–H groups in total. The van der Waals surface area contributed by atoms with Gasteiger partial charge in [0.1, 0.15) is 11.3 Å². The number of amides is 1. The average molecular weight is 386 g/mol. The largest absolute Gasteiger partial charge is 0.508 e. The zero-order valence-corrected chi connectivity index (χ0v) is 15.2. The van der Waals surface area contributed by atoms with Gasteiger partial charge in [-0.15, -0.1) is 0 Å². The highest BCUT2D eigenvalue weighted by Gasteiger charge is 2.42. The van der Waals surface area contributed by atoms with Crippen LogP contribution in [0.2, 0.25) is 5.02 Å². The zero-order chi connectivity index (χ0) is 19.3. The monoisotopic (exact) mass is 385 g/mol. The van der Waals surface area contributed by atoms with Crippen molar-refractivity contribution in [3.05, 3.63) is 74.1 Å². The summed E-state index contributed by atoms with van der Waals surface area (Å²) in [6.45, 7) is 1.54.